The van der Waals surface area contributed by atoms with Gasteiger partial charge in [0.25, 0.3) is 5.69 Å². The molecule has 17 heavy (non-hydrogen) atoms. The van der Waals surface area contributed by atoms with Crippen LogP contribution < -0.4 is 5.32 Å². The number of hydrogen-bond acceptors (Lipinski definition) is 3. The minimum atomic E-state index is -0.341. The van der Waals surface area contributed by atoms with Crippen molar-refractivity contribution in [3.05, 3.63) is 33.9 Å². The van der Waals surface area contributed by atoms with Crippen LogP contribution in [0.2, 0.25) is 0 Å². The molecule has 1 aromatic carbocycles. The third kappa shape index (κ3) is 3.73. The smallest absolute Gasteiger partial charge is 0.274 e. The van der Waals surface area contributed by atoms with E-state index in [9.17, 15) is 10.1 Å². The standard InChI is InChI=1S/C13H20N2O2/c1-9(2)11(4)8-14-12-6-5-10(3)13(7-12)15(16)17/h5-7,9,11,14H,8H2,1-4H3. The summed E-state index contributed by atoms with van der Waals surface area (Å²) in [6.07, 6.45) is 0. The molecule has 0 saturated heterocycles. The molecule has 0 saturated carbocycles. The third-order valence-corrected chi connectivity index (χ3v) is 3.17. The lowest BCUT2D eigenvalue weighted by molar-refractivity contribution is -0.385. The van der Waals surface area contributed by atoms with Gasteiger partial charge < -0.3 is 5.32 Å². The van der Waals surface area contributed by atoms with Gasteiger partial charge in [0.15, 0.2) is 0 Å². The quantitative estimate of drug-likeness (QED) is 0.627. The Morgan fingerprint density at radius 2 is 2.00 bits per heavy atom. The first kappa shape index (κ1) is 13.5. The molecule has 0 heterocycles. The molecule has 0 bridgehead atoms. The normalized spacial score (nSPS) is 12.5. The van der Waals surface area contributed by atoms with Gasteiger partial charge in [0, 0.05) is 23.9 Å². The maximum atomic E-state index is 10.8. The molecule has 0 aliphatic carbocycles. The summed E-state index contributed by atoms with van der Waals surface area (Å²) in [4.78, 5) is 10.5. The minimum Gasteiger partial charge on any atom is -0.385 e. The second-order valence-electron chi connectivity index (χ2n) is 4.86. The molecular weight excluding hydrogens is 216 g/mol. The third-order valence-electron chi connectivity index (χ3n) is 3.17. The Labute approximate surface area is 102 Å². The number of rotatable bonds is 5. The van der Waals surface area contributed by atoms with E-state index >= 15 is 0 Å². The fourth-order valence-corrected chi connectivity index (χ4v) is 1.43. The van der Waals surface area contributed by atoms with Crippen molar-refractivity contribution in [2.75, 3.05) is 11.9 Å². The van der Waals surface area contributed by atoms with E-state index in [1.165, 1.54) is 0 Å². The Balaban J connectivity index is 2.73. The van der Waals surface area contributed by atoms with E-state index in [0.29, 0.717) is 17.4 Å². The van der Waals surface area contributed by atoms with E-state index in [-0.39, 0.29) is 10.6 Å². The highest BCUT2D eigenvalue weighted by Crippen LogP contribution is 2.22. The number of hydrogen-bond donors (Lipinski definition) is 1. The van der Waals surface area contributed by atoms with Crippen LogP contribution in [-0.4, -0.2) is 11.5 Å². The van der Waals surface area contributed by atoms with Crippen molar-refractivity contribution < 1.29 is 4.92 Å². The summed E-state index contributed by atoms with van der Waals surface area (Å²) in [7, 11) is 0. The molecule has 0 amide bonds. The first-order valence-corrected chi connectivity index (χ1v) is 5.90. The van der Waals surface area contributed by atoms with Crippen molar-refractivity contribution in [1.29, 1.82) is 0 Å². The molecule has 0 radical (unpaired) electrons. The van der Waals surface area contributed by atoms with Crippen molar-refractivity contribution >= 4 is 11.4 Å². The topological polar surface area (TPSA) is 55.2 Å². The highest BCUT2D eigenvalue weighted by atomic mass is 16.6. The highest BCUT2D eigenvalue weighted by molar-refractivity contribution is 5.54. The number of anilines is 1. The molecule has 4 nitrogen and oxygen atoms in total. The Bertz CT molecular complexity index is 402. The molecule has 0 spiro atoms. The lowest BCUT2D eigenvalue weighted by Gasteiger charge is -2.16. The summed E-state index contributed by atoms with van der Waals surface area (Å²) < 4.78 is 0. The monoisotopic (exact) mass is 236 g/mol. The van der Waals surface area contributed by atoms with E-state index in [1.807, 2.05) is 6.07 Å². The lowest BCUT2D eigenvalue weighted by Crippen LogP contribution is -2.16. The zero-order valence-electron chi connectivity index (χ0n) is 10.9. The van der Waals surface area contributed by atoms with E-state index in [2.05, 4.69) is 26.1 Å². The molecular formula is C13H20N2O2. The molecule has 1 unspecified atom stereocenters. The van der Waals surface area contributed by atoms with Crippen LogP contribution in [0.15, 0.2) is 18.2 Å². The molecule has 94 valence electrons. The number of nitrogens with zero attached hydrogens (tertiary/aromatic N) is 1. The number of nitrogens with one attached hydrogen (secondary N) is 1. The summed E-state index contributed by atoms with van der Waals surface area (Å²) in [5, 5.41) is 14.0. The van der Waals surface area contributed by atoms with Crippen LogP contribution in [0, 0.1) is 28.9 Å². The molecule has 1 aromatic rings. The number of nitro benzene ring substituents is 1. The predicted molar refractivity (Wildman–Crippen MR) is 70.3 cm³/mol. The van der Waals surface area contributed by atoms with Crippen molar-refractivity contribution in [1.82, 2.24) is 0 Å². The van der Waals surface area contributed by atoms with E-state index in [0.717, 1.165) is 12.2 Å². The molecule has 0 aliphatic heterocycles. The van der Waals surface area contributed by atoms with Crippen LogP contribution in [-0.2, 0) is 0 Å². The van der Waals surface area contributed by atoms with Crippen molar-refractivity contribution in [3.8, 4) is 0 Å². The van der Waals surface area contributed by atoms with Gasteiger partial charge in [0.05, 0.1) is 4.92 Å². The summed E-state index contributed by atoms with van der Waals surface area (Å²) in [5.41, 5.74) is 1.68. The molecule has 4 heteroatoms. The molecule has 1 rings (SSSR count). The van der Waals surface area contributed by atoms with Crippen molar-refractivity contribution in [2.45, 2.75) is 27.7 Å². The Kier molecular flexibility index (Phi) is 4.49. The molecule has 0 aliphatic rings. The second kappa shape index (κ2) is 5.66. The average molecular weight is 236 g/mol. The lowest BCUT2D eigenvalue weighted by atomic mass is 9.98. The maximum absolute atomic E-state index is 10.8. The SMILES string of the molecule is Cc1ccc(NCC(C)C(C)C)cc1[N+](=O)[O-]. The van der Waals surface area contributed by atoms with Crippen LogP contribution in [0.25, 0.3) is 0 Å². The van der Waals surface area contributed by atoms with Gasteiger partial charge in [-0.1, -0.05) is 26.8 Å². The first-order valence-electron chi connectivity index (χ1n) is 5.90. The number of nitro groups is 1. The maximum Gasteiger partial charge on any atom is 0.274 e. The Morgan fingerprint density at radius 1 is 1.35 bits per heavy atom. The summed E-state index contributed by atoms with van der Waals surface area (Å²) in [5.74, 6) is 1.14. The molecule has 0 aromatic heterocycles. The van der Waals surface area contributed by atoms with Crippen LogP contribution in [0.4, 0.5) is 11.4 Å². The van der Waals surface area contributed by atoms with Gasteiger partial charge in [-0.25, -0.2) is 0 Å². The fourth-order valence-electron chi connectivity index (χ4n) is 1.43. The Morgan fingerprint density at radius 3 is 2.53 bits per heavy atom. The van der Waals surface area contributed by atoms with Gasteiger partial charge >= 0.3 is 0 Å². The predicted octanol–water partition coefficient (Wildman–Crippen LogP) is 3.61. The van der Waals surface area contributed by atoms with Gasteiger partial charge in [0.2, 0.25) is 0 Å². The molecule has 1 atom stereocenters. The zero-order valence-corrected chi connectivity index (χ0v) is 10.9. The fraction of sp³-hybridized carbons (Fsp3) is 0.538. The average Bonchev–Trinajstić information content (AvgIpc) is 2.26. The van der Waals surface area contributed by atoms with Crippen LogP contribution >= 0.6 is 0 Å². The van der Waals surface area contributed by atoms with Gasteiger partial charge in [-0.2, -0.15) is 0 Å². The summed E-state index contributed by atoms with van der Waals surface area (Å²) >= 11 is 0. The van der Waals surface area contributed by atoms with Crippen molar-refractivity contribution in [3.63, 3.8) is 0 Å². The molecule has 1 N–H and O–H groups in total. The summed E-state index contributed by atoms with van der Waals surface area (Å²) in [6.45, 7) is 9.09. The summed E-state index contributed by atoms with van der Waals surface area (Å²) in [6, 6.07) is 5.26. The van der Waals surface area contributed by atoms with Gasteiger partial charge in [-0.15, -0.1) is 0 Å². The van der Waals surface area contributed by atoms with Crippen molar-refractivity contribution in [2.24, 2.45) is 11.8 Å². The Hall–Kier alpha value is -1.58. The first-order chi connectivity index (χ1) is 7.91. The van der Waals surface area contributed by atoms with E-state index in [4.69, 9.17) is 0 Å². The van der Waals surface area contributed by atoms with Crippen LogP contribution in [0.5, 0.6) is 0 Å². The van der Waals surface area contributed by atoms with Gasteiger partial charge in [-0.3, -0.25) is 10.1 Å². The second-order valence-corrected chi connectivity index (χ2v) is 4.86. The van der Waals surface area contributed by atoms with Gasteiger partial charge in [-0.05, 0) is 24.8 Å². The zero-order chi connectivity index (χ0) is 13.0. The highest BCUT2D eigenvalue weighted by Gasteiger charge is 2.12. The van der Waals surface area contributed by atoms with Crippen LogP contribution in [0.3, 0.4) is 0 Å². The van der Waals surface area contributed by atoms with E-state index in [1.54, 1.807) is 19.1 Å². The largest absolute Gasteiger partial charge is 0.385 e. The number of aryl methyl sites for hydroxylation is 1. The number of benzene rings is 1. The molecule has 0 fully saturated rings. The minimum absolute atomic E-state index is 0.173. The van der Waals surface area contributed by atoms with E-state index < -0.39 is 0 Å². The van der Waals surface area contributed by atoms with Crippen LogP contribution in [0.1, 0.15) is 26.3 Å². The van der Waals surface area contributed by atoms with Gasteiger partial charge in [0.1, 0.15) is 0 Å².